The minimum atomic E-state index is -1.95. The minimum absolute atomic E-state index is 0.111. The lowest BCUT2D eigenvalue weighted by Gasteiger charge is -2.39. The Hall–Kier alpha value is -2.51. The molecule has 0 unspecified atom stereocenters. The molecule has 320 valence electrons. The SMILES string of the molecule is CCc1cc(-c2ccc(OCCCCOC)cc2)ccc1-c1cc(CCCO)c(OCCC(CO[Si](C)(C)C(C)(C)C)CO[Si](C)(C)C(C)(C)C)c(CCCO)c1. The summed E-state index contributed by atoms with van der Waals surface area (Å²) < 4.78 is 31.4. The van der Waals surface area contributed by atoms with Crippen LogP contribution in [0.5, 0.6) is 11.5 Å². The first-order valence-electron chi connectivity index (χ1n) is 21.5. The Kier molecular flexibility index (Phi) is 19.5. The van der Waals surface area contributed by atoms with Gasteiger partial charge in [-0.05, 0) is 151 Å². The first-order chi connectivity index (χ1) is 26.9. The highest BCUT2D eigenvalue weighted by atomic mass is 28.4. The number of benzene rings is 3. The summed E-state index contributed by atoms with van der Waals surface area (Å²) in [6.45, 7) is 28.7. The highest BCUT2D eigenvalue weighted by Crippen LogP contribution is 2.40. The van der Waals surface area contributed by atoms with Gasteiger partial charge in [-0.3, -0.25) is 0 Å². The lowest BCUT2D eigenvalue weighted by atomic mass is 9.90. The molecule has 0 saturated carbocycles. The Labute approximate surface area is 349 Å². The van der Waals surface area contributed by atoms with E-state index in [1.807, 2.05) is 0 Å². The molecule has 2 N–H and O–H groups in total. The molecular weight excluding hydrogens is 745 g/mol. The Morgan fingerprint density at radius 1 is 0.596 bits per heavy atom. The van der Waals surface area contributed by atoms with Crippen molar-refractivity contribution >= 4 is 16.6 Å². The zero-order valence-corrected chi connectivity index (χ0v) is 39.8. The summed E-state index contributed by atoms with van der Waals surface area (Å²) in [4.78, 5) is 0. The van der Waals surface area contributed by atoms with Crippen molar-refractivity contribution in [1.82, 2.24) is 0 Å². The van der Waals surface area contributed by atoms with E-state index in [0.717, 1.165) is 66.0 Å². The molecule has 0 spiro atoms. The van der Waals surface area contributed by atoms with Crippen molar-refractivity contribution in [2.45, 2.75) is 136 Å². The van der Waals surface area contributed by atoms with E-state index < -0.39 is 16.6 Å². The summed E-state index contributed by atoms with van der Waals surface area (Å²) in [6.07, 6.45) is 6.36. The van der Waals surface area contributed by atoms with Crippen molar-refractivity contribution in [1.29, 1.82) is 0 Å². The molecule has 0 fully saturated rings. The maximum Gasteiger partial charge on any atom is 0.191 e. The van der Waals surface area contributed by atoms with Crippen LogP contribution in [0.3, 0.4) is 0 Å². The Balaban J connectivity index is 1.91. The molecule has 0 saturated heterocycles. The lowest BCUT2D eigenvalue weighted by Crippen LogP contribution is -2.44. The fourth-order valence-electron chi connectivity index (χ4n) is 6.26. The van der Waals surface area contributed by atoms with E-state index in [0.29, 0.717) is 52.1 Å². The highest BCUT2D eigenvalue weighted by Gasteiger charge is 2.39. The summed E-state index contributed by atoms with van der Waals surface area (Å²) in [5, 5.41) is 20.1. The van der Waals surface area contributed by atoms with Crippen molar-refractivity contribution in [3.8, 4) is 33.8 Å². The van der Waals surface area contributed by atoms with Crippen molar-refractivity contribution < 1.29 is 33.3 Å². The maximum absolute atomic E-state index is 9.93. The normalized spacial score (nSPS) is 12.8. The largest absolute Gasteiger partial charge is 0.494 e. The van der Waals surface area contributed by atoms with Crippen LogP contribution in [0.15, 0.2) is 54.6 Å². The lowest BCUT2D eigenvalue weighted by molar-refractivity contribution is 0.135. The van der Waals surface area contributed by atoms with E-state index >= 15 is 0 Å². The van der Waals surface area contributed by atoms with Gasteiger partial charge in [0.25, 0.3) is 0 Å². The molecule has 3 rings (SSSR count). The Morgan fingerprint density at radius 3 is 1.60 bits per heavy atom. The van der Waals surface area contributed by atoms with Crippen molar-refractivity contribution in [2.24, 2.45) is 5.92 Å². The molecule has 0 bridgehead atoms. The molecule has 57 heavy (non-hydrogen) atoms. The van der Waals surface area contributed by atoms with Gasteiger partial charge in [0.2, 0.25) is 0 Å². The second kappa shape index (κ2) is 22.8. The average molecular weight is 823 g/mol. The average Bonchev–Trinajstić information content (AvgIpc) is 3.16. The van der Waals surface area contributed by atoms with Gasteiger partial charge in [0.05, 0.1) is 13.2 Å². The van der Waals surface area contributed by atoms with Gasteiger partial charge in [-0.15, -0.1) is 0 Å². The van der Waals surface area contributed by atoms with Gasteiger partial charge in [-0.1, -0.05) is 78.8 Å². The van der Waals surface area contributed by atoms with Crippen molar-refractivity contribution in [3.63, 3.8) is 0 Å². The fraction of sp³-hybridized carbons (Fsp3) is 0.625. The van der Waals surface area contributed by atoms with Crippen LogP contribution in [0.2, 0.25) is 36.3 Å². The molecule has 3 aromatic carbocycles. The molecule has 3 aromatic rings. The van der Waals surface area contributed by atoms with E-state index in [1.54, 1.807) is 7.11 Å². The summed E-state index contributed by atoms with van der Waals surface area (Å²) in [5.41, 5.74) is 8.15. The molecular formula is C48H78O7Si2. The second-order valence-corrected chi connectivity index (χ2v) is 28.3. The topological polar surface area (TPSA) is 86.6 Å². The zero-order chi connectivity index (χ0) is 42.3. The van der Waals surface area contributed by atoms with Crippen LogP contribution in [-0.2, 0) is 32.9 Å². The molecule has 0 radical (unpaired) electrons. The summed E-state index contributed by atoms with van der Waals surface area (Å²) in [5.74, 6) is 1.98. The van der Waals surface area contributed by atoms with E-state index in [1.165, 1.54) is 16.7 Å². The summed E-state index contributed by atoms with van der Waals surface area (Å²) in [6, 6.07) is 19.6. The molecule has 0 aliphatic carbocycles. The Morgan fingerprint density at radius 2 is 1.11 bits per heavy atom. The first kappa shape index (κ1) is 48.9. The number of aliphatic hydroxyl groups is 2. The molecule has 0 aromatic heterocycles. The standard InChI is InChI=1S/C48H78O7Si2/c1-13-38-32-40(39-20-23-44(24-21-39)52-30-15-14-29-51-8)22-25-45(38)43-33-41(18-16-27-49)46(42(34-43)19-17-28-50)53-31-26-37(35-54-56(9,10)47(2,3)4)36-55-57(11,12)48(5,6)7/h20-25,32-34,37,49-50H,13-19,26-31,35-36H2,1-12H3. The van der Waals surface area contributed by atoms with Gasteiger partial charge in [0.15, 0.2) is 16.6 Å². The first-order valence-corrected chi connectivity index (χ1v) is 27.3. The number of aliphatic hydroxyl groups excluding tert-OH is 2. The van der Waals surface area contributed by atoms with Gasteiger partial charge in [-0.2, -0.15) is 0 Å². The van der Waals surface area contributed by atoms with Crippen LogP contribution < -0.4 is 9.47 Å². The molecule has 9 heteroatoms. The van der Waals surface area contributed by atoms with E-state index in [-0.39, 0.29) is 29.2 Å². The van der Waals surface area contributed by atoms with Gasteiger partial charge in [0, 0.05) is 46.1 Å². The third kappa shape index (κ3) is 14.9. The number of unbranched alkanes of at least 4 members (excludes halogenated alkanes) is 1. The van der Waals surface area contributed by atoms with Crippen LogP contribution in [0.1, 0.15) is 97.3 Å². The molecule has 0 aliphatic rings. The zero-order valence-electron chi connectivity index (χ0n) is 37.8. The molecule has 0 heterocycles. The van der Waals surface area contributed by atoms with Gasteiger partial charge in [0.1, 0.15) is 11.5 Å². The van der Waals surface area contributed by atoms with Crippen LogP contribution in [0.4, 0.5) is 0 Å². The summed E-state index contributed by atoms with van der Waals surface area (Å²) in [7, 11) is -2.17. The fourth-order valence-corrected chi connectivity index (χ4v) is 8.43. The second-order valence-electron chi connectivity index (χ2n) is 18.7. The third-order valence-corrected chi connectivity index (χ3v) is 21.2. The monoisotopic (exact) mass is 823 g/mol. The van der Waals surface area contributed by atoms with E-state index in [2.05, 4.69) is 129 Å². The van der Waals surface area contributed by atoms with Gasteiger partial charge < -0.3 is 33.3 Å². The third-order valence-electron chi connectivity index (χ3n) is 12.2. The van der Waals surface area contributed by atoms with Crippen LogP contribution in [-0.4, -0.2) is 80.2 Å². The van der Waals surface area contributed by atoms with E-state index in [4.69, 9.17) is 23.1 Å². The van der Waals surface area contributed by atoms with Crippen molar-refractivity contribution in [2.75, 3.05) is 53.4 Å². The number of methoxy groups -OCH3 is 1. The highest BCUT2D eigenvalue weighted by molar-refractivity contribution is 6.74. The molecule has 0 aliphatic heterocycles. The summed E-state index contributed by atoms with van der Waals surface area (Å²) >= 11 is 0. The predicted molar refractivity (Wildman–Crippen MR) is 244 cm³/mol. The predicted octanol–water partition coefficient (Wildman–Crippen LogP) is 11.7. The number of rotatable bonds is 25. The minimum Gasteiger partial charge on any atom is -0.494 e. The van der Waals surface area contributed by atoms with E-state index in [9.17, 15) is 10.2 Å². The van der Waals surface area contributed by atoms with Crippen molar-refractivity contribution in [3.05, 3.63) is 71.3 Å². The molecule has 0 atom stereocenters. The number of ether oxygens (including phenoxy) is 3. The van der Waals surface area contributed by atoms with Crippen LogP contribution in [0, 0.1) is 5.92 Å². The van der Waals surface area contributed by atoms with Gasteiger partial charge in [-0.25, -0.2) is 0 Å². The number of aryl methyl sites for hydroxylation is 3. The van der Waals surface area contributed by atoms with Gasteiger partial charge >= 0.3 is 0 Å². The van der Waals surface area contributed by atoms with Crippen LogP contribution >= 0.6 is 0 Å². The maximum atomic E-state index is 9.93. The number of hydrogen-bond acceptors (Lipinski definition) is 7. The Bertz CT molecular complexity index is 1560. The number of hydrogen-bond donors (Lipinski definition) is 2. The van der Waals surface area contributed by atoms with Crippen LogP contribution in [0.25, 0.3) is 22.3 Å². The molecule has 0 amide bonds. The molecule has 7 nitrogen and oxygen atoms in total. The quantitative estimate of drug-likeness (QED) is 0.0650. The smallest absolute Gasteiger partial charge is 0.191 e.